The summed E-state index contributed by atoms with van der Waals surface area (Å²) in [5, 5.41) is 3.18. The molecule has 7 heteroatoms. The van der Waals surface area contributed by atoms with Gasteiger partial charge in [-0.3, -0.25) is 9.78 Å². The first-order chi connectivity index (χ1) is 13.7. The molecule has 2 aromatic carbocycles. The average Bonchev–Trinajstić information content (AvgIpc) is 3.15. The summed E-state index contributed by atoms with van der Waals surface area (Å²) < 4.78 is 7.38. The Balaban J connectivity index is 1.61. The smallest absolute Gasteiger partial charge is 0.252 e. The number of hydrogen-bond acceptors (Lipinski definition) is 5. The molecule has 0 aliphatic carbocycles. The summed E-state index contributed by atoms with van der Waals surface area (Å²) in [6.07, 6.45) is 1.78. The van der Waals surface area contributed by atoms with E-state index in [4.69, 9.17) is 4.74 Å². The van der Waals surface area contributed by atoms with Crippen LogP contribution in [-0.2, 0) is 6.54 Å². The maximum Gasteiger partial charge on any atom is 0.252 e. The number of aromatic nitrogens is 4. The Kier molecular flexibility index (Phi) is 4.80. The van der Waals surface area contributed by atoms with Crippen molar-refractivity contribution in [3.63, 3.8) is 0 Å². The van der Waals surface area contributed by atoms with E-state index in [1.54, 1.807) is 13.4 Å². The Morgan fingerprint density at radius 3 is 2.82 bits per heavy atom. The fourth-order valence-corrected chi connectivity index (χ4v) is 3.23. The fraction of sp³-hybridized carbons (Fsp3) is 0.190. The number of anilines is 1. The van der Waals surface area contributed by atoms with Crippen molar-refractivity contribution >= 4 is 17.0 Å². The summed E-state index contributed by atoms with van der Waals surface area (Å²) >= 11 is 0. The minimum Gasteiger partial charge on any atom is -0.496 e. The number of para-hydroxylation sites is 3. The van der Waals surface area contributed by atoms with Crippen LogP contribution in [0.4, 0.5) is 5.95 Å². The van der Waals surface area contributed by atoms with Gasteiger partial charge >= 0.3 is 0 Å². The zero-order valence-corrected chi connectivity index (χ0v) is 15.7. The van der Waals surface area contributed by atoms with Crippen LogP contribution in [0.2, 0.25) is 0 Å². The lowest BCUT2D eigenvalue weighted by atomic mass is 10.2. The van der Waals surface area contributed by atoms with Crippen molar-refractivity contribution in [3.8, 4) is 5.75 Å². The maximum atomic E-state index is 12.2. The summed E-state index contributed by atoms with van der Waals surface area (Å²) in [6.45, 7) is 2.48. The number of imidazole rings is 1. The molecule has 0 aliphatic heterocycles. The van der Waals surface area contributed by atoms with Crippen molar-refractivity contribution in [1.29, 1.82) is 0 Å². The van der Waals surface area contributed by atoms with Crippen molar-refractivity contribution in [2.24, 2.45) is 0 Å². The summed E-state index contributed by atoms with van der Waals surface area (Å²) in [6, 6.07) is 17.0. The molecular weight excluding hydrogens is 354 g/mol. The highest BCUT2D eigenvalue weighted by Gasteiger charge is 2.14. The Morgan fingerprint density at radius 2 is 1.96 bits per heavy atom. The van der Waals surface area contributed by atoms with Gasteiger partial charge in [-0.2, -0.15) is 0 Å². The number of hydrogen-bond donors (Lipinski definition) is 2. The van der Waals surface area contributed by atoms with Crippen LogP contribution in [0.1, 0.15) is 24.2 Å². The molecule has 4 aromatic rings. The second-order valence-corrected chi connectivity index (χ2v) is 6.50. The SMILES string of the molecule is COc1ccccc1CNc1nc([C@@H](C)n2cnc3ccccc32)cc(=O)[nH]1. The summed E-state index contributed by atoms with van der Waals surface area (Å²) in [7, 11) is 1.64. The summed E-state index contributed by atoms with van der Waals surface area (Å²) in [5.74, 6) is 1.21. The number of nitrogens with zero attached hydrogens (tertiary/aromatic N) is 3. The van der Waals surface area contributed by atoms with Crippen molar-refractivity contribution in [3.05, 3.63) is 82.5 Å². The van der Waals surface area contributed by atoms with Crippen LogP contribution in [0.3, 0.4) is 0 Å². The maximum absolute atomic E-state index is 12.2. The highest BCUT2D eigenvalue weighted by molar-refractivity contribution is 5.75. The van der Waals surface area contributed by atoms with Crippen molar-refractivity contribution in [1.82, 2.24) is 19.5 Å². The molecule has 1 atom stereocenters. The zero-order valence-electron chi connectivity index (χ0n) is 15.7. The lowest BCUT2D eigenvalue weighted by molar-refractivity contribution is 0.410. The van der Waals surface area contributed by atoms with Crippen LogP contribution in [0.25, 0.3) is 11.0 Å². The van der Waals surface area contributed by atoms with Gasteiger partial charge in [-0.05, 0) is 25.1 Å². The molecule has 0 bridgehead atoms. The fourth-order valence-electron chi connectivity index (χ4n) is 3.23. The van der Waals surface area contributed by atoms with Gasteiger partial charge in [-0.25, -0.2) is 9.97 Å². The number of ether oxygens (including phenoxy) is 1. The molecule has 2 heterocycles. The lowest BCUT2D eigenvalue weighted by Crippen LogP contribution is -2.17. The largest absolute Gasteiger partial charge is 0.496 e. The predicted octanol–water partition coefficient (Wildman–Crippen LogP) is 3.35. The molecular formula is C21H21N5O2. The molecule has 0 radical (unpaired) electrons. The number of aromatic amines is 1. The van der Waals surface area contributed by atoms with Gasteiger partial charge in [0.25, 0.3) is 5.56 Å². The molecule has 2 aromatic heterocycles. The van der Waals surface area contributed by atoms with E-state index in [1.165, 1.54) is 6.07 Å². The van der Waals surface area contributed by atoms with E-state index in [-0.39, 0.29) is 11.6 Å². The third-order valence-corrected chi connectivity index (χ3v) is 4.73. The van der Waals surface area contributed by atoms with Crippen molar-refractivity contribution in [2.45, 2.75) is 19.5 Å². The van der Waals surface area contributed by atoms with Crippen LogP contribution < -0.4 is 15.6 Å². The van der Waals surface area contributed by atoms with E-state index >= 15 is 0 Å². The monoisotopic (exact) mass is 375 g/mol. The molecule has 0 fully saturated rings. The molecule has 0 aliphatic rings. The van der Waals surface area contributed by atoms with Gasteiger partial charge in [-0.15, -0.1) is 0 Å². The minimum atomic E-state index is -0.205. The first-order valence-electron chi connectivity index (χ1n) is 9.04. The van der Waals surface area contributed by atoms with Gasteiger partial charge in [0.05, 0.1) is 36.2 Å². The number of fused-ring (bicyclic) bond motifs is 1. The second-order valence-electron chi connectivity index (χ2n) is 6.50. The van der Waals surface area contributed by atoms with Gasteiger partial charge in [0.15, 0.2) is 0 Å². The highest BCUT2D eigenvalue weighted by atomic mass is 16.5. The molecule has 0 saturated carbocycles. The van der Waals surface area contributed by atoms with Gasteiger partial charge in [0.2, 0.25) is 5.95 Å². The predicted molar refractivity (Wildman–Crippen MR) is 109 cm³/mol. The van der Waals surface area contributed by atoms with Gasteiger partial charge < -0.3 is 14.6 Å². The van der Waals surface area contributed by atoms with Gasteiger partial charge in [0, 0.05) is 18.2 Å². The van der Waals surface area contributed by atoms with E-state index in [9.17, 15) is 4.79 Å². The molecule has 0 spiro atoms. The molecule has 7 nitrogen and oxygen atoms in total. The second kappa shape index (κ2) is 7.56. The van der Waals surface area contributed by atoms with Crippen LogP contribution in [0.15, 0.2) is 65.7 Å². The topological polar surface area (TPSA) is 84.8 Å². The minimum absolute atomic E-state index is 0.137. The van der Waals surface area contributed by atoms with Crippen LogP contribution >= 0.6 is 0 Å². The Hall–Kier alpha value is -3.61. The number of H-pyrrole nitrogens is 1. The molecule has 0 amide bonds. The lowest BCUT2D eigenvalue weighted by Gasteiger charge is -2.15. The van der Waals surface area contributed by atoms with E-state index < -0.39 is 0 Å². The Labute approximate surface area is 162 Å². The summed E-state index contributed by atoms with van der Waals surface area (Å²) in [4.78, 5) is 24.0. The molecule has 142 valence electrons. The number of methoxy groups -OCH3 is 1. The Bertz CT molecular complexity index is 1160. The normalized spacial score (nSPS) is 12.1. The first kappa shape index (κ1) is 17.8. The van der Waals surface area contributed by atoms with Crippen LogP contribution in [0, 0.1) is 0 Å². The molecule has 28 heavy (non-hydrogen) atoms. The molecule has 2 N–H and O–H groups in total. The highest BCUT2D eigenvalue weighted by Crippen LogP contribution is 2.22. The Morgan fingerprint density at radius 1 is 1.18 bits per heavy atom. The van der Waals surface area contributed by atoms with Crippen molar-refractivity contribution < 1.29 is 4.74 Å². The third-order valence-electron chi connectivity index (χ3n) is 4.73. The number of nitrogens with one attached hydrogen (secondary N) is 2. The number of benzene rings is 2. The molecule has 0 unspecified atom stereocenters. The molecule has 4 rings (SSSR count). The van der Waals surface area contributed by atoms with E-state index in [1.807, 2.05) is 60.0 Å². The van der Waals surface area contributed by atoms with E-state index in [0.29, 0.717) is 18.2 Å². The van der Waals surface area contributed by atoms with E-state index in [2.05, 4.69) is 20.3 Å². The van der Waals surface area contributed by atoms with Gasteiger partial charge in [0.1, 0.15) is 5.75 Å². The summed E-state index contributed by atoms with van der Waals surface area (Å²) in [5.41, 5.74) is 3.35. The average molecular weight is 375 g/mol. The quantitative estimate of drug-likeness (QED) is 0.540. The van der Waals surface area contributed by atoms with E-state index in [0.717, 1.165) is 22.3 Å². The standard InChI is InChI=1S/C21H21N5O2/c1-14(26-13-23-16-8-4-5-9-18(16)26)17-11-20(27)25-21(24-17)22-12-15-7-3-6-10-19(15)28-2/h3-11,13-14H,12H2,1-2H3,(H2,22,24,25,27)/t14-/m1/s1. The van der Waals surface area contributed by atoms with Crippen LogP contribution in [0.5, 0.6) is 5.75 Å². The van der Waals surface area contributed by atoms with Crippen LogP contribution in [-0.4, -0.2) is 26.6 Å². The van der Waals surface area contributed by atoms with Gasteiger partial charge in [-0.1, -0.05) is 30.3 Å². The first-order valence-corrected chi connectivity index (χ1v) is 9.04. The zero-order chi connectivity index (χ0) is 19.5. The van der Waals surface area contributed by atoms with Crippen molar-refractivity contribution in [2.75, 3.05) is 12.4 Å². The number of rotatable bonds is 6. The third kappa shape index (κ3) is 3.46. The molecule has 0 saturated heterocycles.